The molecular formula is C18H24AlCl3O6S2. The molecule has 0 saturated carbocycles. The minimum absolute atomic E-state index is 0.165. The van der Waals surface area contributed by atoms with Crippen LogP contribution in [0.5, 0.6) is 0 Å². The van der Waals surface area contributed by atoms with Crippen LogP contribution in [-0.4, -0.2) is 42.5 Å². The lowest BCUT2D eigenvalue weighted by Gasteiger charge is -1.98. The Balaban J connectivity index is 0. The smallest absolute Gasteiger partial charge is 0.315 e. The molecular weight excluding hydrogens is 510 g/mol. The number of halogens is 3. The van der Waals surface area contributed by atoms with Crippen molar-refractivity contribution in [3.05, 3.63) is 82.2 Å². The Labute approximate surface area is 199 Å². The summed E-state index contributed by atoms with van der Waals surface area (Å²) in [6, 6.07) is 21.6. The zero-order chi connectivity index (χ0) is 23.1. The van der Waals surface area contributed by atoms with E-state index in [0.29, 0.717) is 12.8 Å². The number of hydrogen-bond acceptors (Lipinski definition) is 6. The van der Waals surface area contributed by atoms with Crippen LogP contribution >= 0.6 is 42.2 Å². The molecule has 0 unspecified atom stereocenters. The first-order valence-corrected chi connectivity index (χ1v) is 16.4. The second kappa shape index (κ2) is 23.3. The molecule has 0 amide bonds. The summed E-state index contributed by atoms with van der Waals surface area (Å²) in [7, 11) is 11.0. The summed E-state index contributed by atoms with van der Waals surface area (Å²) >= 11 is -0.148. The number of rotatable bonds is 4. The van der Waals surface area contributed by atoms with Crippen LogP contribution < -0.4 is 0 Å². The monoisotopic (exact) mass is 532 g/mol. The van der Waals surface area contributed by atoms with E-state index in [9.17, 15) is 8.42 Å². The van der Waals surface area contributed by atoms with Gasteiger partial charge >= 0.3 is 11.4 Å². The molecule has 1 aliphatic rings. The van der Waals surface area contributed by atoms with Crippen LogP contribution in [0.3, 0.4) is 0 Å². The van der Waals surface area contributed by atoms with Crippen LogP contribution in [0.15, 0.2) is 66.7 Å². The number of hydrogen-bond donors (Lipinski definition) is 1. The molecule has 1 heterocycles. The molecule has 2 aromatic carbocycles. The summed E-state index contributed by atoms with van der Waals surface area (Å²) in [6.07, 6.45) is 2.38. The highest BCUT2D eigenvalue weighted by Crippen LogP contribution is 2.12. The first-order valence-electron chi connectivity index (χ1n) is 8.63. The Kier molecular flexibility index (Phi) is 24.8. The van der Waals surface area contributed by atoms with Crippen LogP contribution in [0, 0.1) is 9.93 Å². The highest BCUT2D eigenvalue weighted by Gasteiger charge is 2.03. The SMILES string of the molecule is C1COSC1.O=O.O=S(=O)(O)CCCc1ccccc1.[Cl][Al]([Cl])[Cl].c1ccccc1. The van der Waals surface area contributed by atoms with E-state index >= 15 is 0 Å². The predicted octanol–water partition coefficient (Wildman–Crippen LogP) is 6.00. The molecule has 0 radical (unpaired) electrons. The van der Waals surface area contributed by atoms with Crippen molar-refractivity contribution in [2.75, 3.05) is 18.1 Å². The lowest BCUT2D eigenvalue weighted by atomic mass is 10.1. The summed E-state index contributed by atoms with van der Waals surface area (Å²) in [5.41, 5.74) is 1.09. The van der Waals surface area contributed by atoms with Gasteiger partial charge in [-0.25, -0.2) is 30.1 Å². The minimum atomic E-state index is -3.79. The average molecular weight is 534 g/mol. The zero-order valence-electron chi connectivity index (χ0n) is 16.1. The van der Waals surface area contributed by atoms with Gasteiger partial charge in [0.2, 0.25) is 0 Å². The third-order valence-corrected chi connectivity index (χ3v) is 4.51. The second-order valence-corrected chi connectivity index (χ2v) is 14.2. The van der Waals surface area contributed by atoms with Crippen molar-refractivity contribution in [3.8, 4) is 0 Å². The van der Waals surface area contributed by atoms with Gasteiger partial charge in [0.25, 0.3) is 10.1 Å². The highest BCUT2D eigenvalue weighted by molar-refractivity contribution is 7.94. The molecule has 12 heteroatoms. The molecule has 0 aromatic heterocycles. The van der Waals surface area contributed by atoms with E-state index in [1.54, 1.807) is 12.0 Å². The van der Waals surface area contributed by atoms with E-state index in [-0.39, 0.29) is 5.75 Å². The van der Waals surface area contributed by atoms with E-state index in [4.69, 9.17) is 48.8 Å². The maximum absolute atomic E-state index is 10.4. The fraction of sp³-hybridized carbons (Fsp3) is 0.333. The number of aryl methyl sites for hydroxylation is 1. The topological polar surface area (TPSA) is 97.7 Å². The van der Waals surface area contributed by atoms with E-state index < -0.39 is 21.5 Å². The first kappa shape index (κ1) is 31.8. The molecule has 6 nitrogen and oxygen atoms in total. The van der Waals surface area contributed by atoms with Crippen molar-refractivity contribution in [3.63, 3.8) is 0 Å². The third kappa shape index (κ3) is 29.9. The number of benzene rings is 2. The Morgan fingerprint density at radius 2 is 1.37 bits per heavy atom. The Hall–Kier alpha value is -0.338. The summed E-state index contributed by atoms with van der Waals surface area (Å²) in [6.45, 7) is 0.963. The summed E-state index contributed by atoms with van der Waals surface area (Å²) in [5.74, 6) is 1.03. The normalized spacial score (nSPS) is 11.6. The van der Waals surface area contributed by atoms with Gasteiger partial charge in [0.05, 0.1) is 12.4 Å². The molecule has 1 fully saturated rings. The maximum atomic E-state index is 10.4. The van der Waals surface area contributed by atoms with E-state index in [1.807, 2.05) is 66.7 Å². The van der Waals surface area contributed by atoms with Gasteiger partial charge in [-0.3, -0.25) is 4.55 Å². The Bertz CT molecular complexity index is 657. The minimum Gasteiger partial charge on any atom is -0.315 e. The average Bonchev–Trinajstić information content (AvgIpc) is 3.31. The molecule has 1 N–H and O–H groups in total. The first-order chi connectivity index (χ1) is 14.3. The second-order valence-electron chi connectivity index (χ2n) is 5.27. The van der Waals surface area contributed by atoms with Crippen molar-refractivity contribution >= 4 is 63.7 Å². The van der Waals surface area contributed by atoms with Gasteiger partial charge in [0.15, 0.2) is 0 Å². The highest BCUT2D eigenvalue weighted by atomic mass is 35.8. The molecule has 2 aromatic rings. The summed E-state index contributed by atoms with van der Waals surface area (Å²) in [5, 5.41) is 0. The van der Waals surface area contributed by atoms with Gasteiger partial charge in [-0.2, -0.15) is 8.42 Å². The Morgan fingerprint density at radius 3 is 1.67 bits per heavy atom. The van der Waals surface area contributed by atoms with Gasteiger partial charge in [0, 0.05) is 15.7 Å². The van der Waals surface area contributed by atoms with Crippen LogP contribution in [0.4, 0.5) is 0 Å². The van der Waals surface area contributed by atoms with Crippen LogP contribution in [-0.2, 0) is 20.7 Å². The zero-order valence-corrected chi connectivity index (χ0v) is 21.2. The molecule has 0 atom stereocenters. The van der Waals surface area contributed by atoms with E-state index in [1.165, 1.54) is 12.2 Å². The van der Waals surface area contributed by atoms with Crippen molar-refractivity contribution < 1.29 is 17.2 Å². The van der Waals surface area contributed by atoms with Gasteiger partial charge in [-0.15, -0.1) is 0 Å². The molecule has 168 valence electrons. The van der Waals surface area contributed by atoms with Crippen molar-refractivity contribution in [1.29, 1.82) is 0 Å². The molecule has 0 spiro atoms. The third-order valence-electron chi connectivity index (χ3n) is 2.92. The standard InChI is InChI=1S/C9H12O3S.C6H6.C3H6OS.Al.3ClH.O2/c10-13(11,12)8-4-7-9-5-2-1-3-6-9;1-2-4-6-5-3-1;1-2-4-5-3-1;;;;;1-2/h1-3,5-6H,4,7-8H2,(H,10,11,12);1-6H;1-3H2;;3*1H;/q;;;+3;;;;/p-3. The Morgan fingerprint density at radius 1 is 0.933 bits per heavy atom. The van der Waals surface area contributed by atoms with Crippen LogP contribution in [0.1, 0.15) is 18.4 Å². The van der Waals surface area contributed by atoms with Gasteiger partial charge in [-0.1, -0.05) is 66.7 Å². The molecule has 0 aliphatic carbocycles. The fourth-order valence-electron chi connectivity index (χ4n) is 1.78. The van der Waals surface area contributed by atoms with Crippen molar-refractivity contribution in [1.82, 2.24) is 0 Å². The van der Waals surface area contributed by atoms with Gasteiger partial charge in [-0.05, 0) is 36.9 Å². The molecule has 1 aliphatic heterocycles. The predicted molar refractivity (Wildman–Crippen MR) is 131 cm³/mol. The molecule has 30 heavy (non-hydrogen) atoms. The lowest BCUT2D eigenvalue weighted by Crippen LogP contribution is -2.04. The molecule has 1 saturated heterocycles. The van der Waals surface area contributed by atoms with Crippen LogP contribution in [0.2, 0.25) is 0 Å². The van der Waals surface area contributed by atoms with E-state index in [2.05, 4.69) is 0 Å². The summed E-state index contributed by atoms with van der Waals surface area (Å²) in [4.78, 5) is 14.0. The molecule has 3 rings (SSSR count). The van der Waals surface area contributed by atoms with E-state index in [0.717, 1.165) is 12.2 Å². The summed E-state index contributed by atoms with van der Waals surface area (Å²) < 4.78 is 34.1. The largest absolute Gasteiger partial charge is 0.643 e. The van der Waals surface area contributed by atoms with Gasteiger partial charge in [0.1, 0.15) is 0 Å². The lowest BCUT2D eigenvalue weighted by molar-refractivity contribution is 0.404. The maximum Gasteiger partial charge on any atom is 0.643 e. The van der Waals surface area contributed by atoms with Crippen molar-refractivity contribution in [2.24, 2.45) is 0 Å². The fourth-order valence-corrected chi connectivity index (χ4v) is 2.88. The van der Waals surface area contributed by atoms with Crippen molar-refractivity contribution in [2.45, 2.75) is 19.3 Å². The van der Waals surface area contributed by atoms with Gasteiger partial charge < -0.3 is 4.18 Å². The quantitative estimate of drug-likeness (QED) is 0.292. The van der Waals surface area contributed by atoms with Crippen LogP contribution in [0.25, 0.3) is 0 Å². The molecule has 0 bridgehead atoms.